The molecule has 49 heavy (non-hydrogen) atoms. The summed E-state index contributed by atoms with van der Waals surface area (Å²) in [5.74, 6) is 36.7. The van der Waals surface area contributed by atoms with Gasteiger partial charge in [-0.2, -0.15) is 11.8 Å². The van der Waals surface area contributed by atoms with Gasteiger partial charge in [-0.15, -0.1) is 6.42 Å². The summed E-state index contributed by atoms with van der Waals surface area (Å²) in [5, 5.41) is 10.0. The molecule has 0 aromatic heterocycles. The molecule has 9 nitrogen and oxygen atoms in total. The first kappa shape index (κ1) is 43.2. The van der Waals surface area contributed by atoms with Gasteiger partial charge in [0.1, 0.15) is 6.11 Å². The van der Waals surface area contributed by atoms with Crippen LogP contribution in [0.4, 0.5) is 0 Å². The molecule has 0 aliphatic carbocycles. The summed E-state index contributed by atoms with van der Waals surface area (Å²) in [6.45, 7) is 9.50. The number of aliphatic hydroxyl groups excluding tert-OH is 1. The zero-order valence-electron chi connectivity index (χ0n) is 28.5. The van der Waals surface area contributed by atoms with Crippen molar-refractivity contribution in [2.75, 3.05) is 25.2 Å². The number of methoxy groups -OCH3 is 1. The molecule has 2 unspecified atom stereocenters. The predicted octanol–water partition coefficient (Wildman–Crippen LogP) is 2.71. The van der Waals surface area contributed by atoms with Gasteiger partial charge in [0, 0.05) is 58.9 Å². The molecule has 0 saturated carbocycles. The number of carbonyl (C=O) groups is 4. The molecule has 252 valence electrons. The van der Waals surface area contributed by atoms with Crippen LogP contribution in [0.3, 0.4) is 0 Å². The van der Waals surface area contributed by atoms with Crippen molar-refractivity contribution < 1.29 is 43.2 Å². The van der Waals surface area contributed by atoms with Crippen molar-refractivity contribution in [2.24, 2.45) is 16.2 Å². The molecule has 10 heteroatoms. The Morgan fingerprint density at radius 3 is 1.69 bits per heavy atom. The normalized spacial score (nSPS) is 10.9. The Hall–Kier alpha value is -5.77. The van der Waals surface area contributed by atoms with Crippen LogP contribution in [0.5, 0.6) is 0 Å². The minimum Gasteiger partial charge on any atom is -0.469 e. The summed E-state index contributed by atoms with van der Waals surface area (Å²) in [4.78, 5) is 49.3. The molecule has 0 heterocycles. The van der Waals surface area contributed by atoms with E-state index >= 15 is 0 Å². The Kier molecular flexibility index (Phi) is 20.8. The number of hydrogen-bond donors (Lipinski definition) is 1. The highest BCUT2D eigenvalue weighted by Gasteiger charge is 2.42. The molecule has 0 saturated heterocycles. The zero-order valence-corrected chi connectivity index (χ0v) is 29.3. The Morgan fingerprint density at radius 2 is 1.22 bits per heavy atom. The Balaban J connectivity index is 4.57. The first-order chi connectivity index (χ1) is 23.1. The summed E-state index contributed by atoms with van der Waals surface area (Å²) in [7, 11) is 1.28. The van der Waals surface area contributed by atoms with Crippen LogP contribution in [0.25, 0.3) is 0 Å². The molecule has 0 bridgehead atoms. The topological polar surface area (TPSA) is 125 Å². The zero-order chi connectivity index (χ0) is 37.2. The number of thioether (sulfide) groups is 1. The molecule has 0 aromatic rings. The molecule has 1 N–H and O–H groups in total. The molecule has 0 aliphatic rings. The number of terminal acetylenes is 1. The summed E-state index contributed by atoms with van der Waals surface area (Å²) < 4.78 is 19.8. The highest BCUT2D eigenvalue weighted by molar-refractivity contribution is 7.99. The van der Waals surface area contributed by atoms with Gasteiger partial charge in [0.2, 0.25) is 6.29 Å². The molecule has 0 spiro atoms. The maximum absolute atomic E-state index is 12.6. The lowest BCUT2D eigenvalue weighted by atomic mass is 9.72. The van der Waals surface area contributed by atoms with Gasteiger partial charge in [-0.25, -0.2) is 0 Å². The molecule has 0 amide bonds. The van der Waals surface area contributed by atoms with Crippen molar-refractivity contribution in [3.63, 3.8) is 0 Å². The highest BCUT2D eigenvalue weighted by Crippen LogP contribution is 2.38. The number of rotatable bonds is 14. The van der Waals surface area contributed by atoms with Crippen LogP contribution in [-0.4, -0.2) is 60.5 Å². The number of aliphatic hydroxyl groups is 1. The van der Waals surface area contributed by atoms with Crippen LogP contribution in [0.1, 0.15) is 60.8 Å². The molecular weight excluding hydrogens is 644 g/mol. The van der Waals surface area contributed by atoms with Gasteiger partial charge in [0.25, 0.3) is 0 Å². The number of carbonyl (C=O) groups excluding carboxylic acids is 4. The maximum Gasteiger partial charge on any atom is 0.326 e. The van der Waals surface area contributed by atoms with Gasteiger partial charge in [0.05, 0.1) is 29.8 Å². The third kappa shape index (κ3) is 19.5. The van der Waals surface area contributed by atoms with Crippen LogP contribution in [0, 0.1) is 124 Å². The molecule has 0 aromatic carbocycles. The Morgan fingerprint density at radius 1 is 0.735 bits per heavy atom. The maximum atomic E-state index is 12.6. The standard InChI is InChI=1S/C39H36O9S/c1-9-11-12-13-14-15-16-17-18-19-20-21-22-23-24-25-27-46-35(43)38(5,6)31-49-28-26-32(40)48-33(41)29-47-34(42)37(3,4)30-39(7,10-2)36(44)45-8/h1,33,41H,10,26,28-31H2,2-8H3. The van der Waals surface area contributed by atoms with E-state index in [0.29, 0.717) is 12.2 Å². The van der Waals surface area contributed by atoms with Gasteiger partial charge in [-0.05, 0) is 94.8 Å². The Labute approximate surface area is 294 Å². The fourth-order valence-electron chi connectivity index (χ4n) is 3.44. The SMILES string of the molecule is C#CC#CC#CC#CC#CC#CC#CC#CC#COC(=O)C(C)(C)CSCCC(=O)OC(O)COC(=O)C(C)(C)CC(C)(CC)C(=O)OC. The first-order valence-corrected chi connectivity index (χ1v) is 15.7. The summed E-state index contributed by atoms with van der Waals surface area (Å²) in [6.07, 6.45) is 6.02. The van der Waals surface area contributed by atoms with E-state index in [2.05, 4.69) is 101 Å². The number of esters is 4. The third-order valence-electron chi connectivity index (χ3n) is 6.08. The van der Waals surface area contributed by atoms with Crippen molar-refractivity contribution in [2.45, 2.75) is 67.1 Å². The van der Waals surface area contributed by atoms with Crippen molar-refractivity contribution >= 4 is 35.6 Å². The fourth-order valence-corrected chi connectivity index (χ4v) is 4.53. The van der Waals surface area contributed by atoms with E-state index in [0.717, 1.165) is 0 Å². The van der Waals surface area contributed by atoms with E-state index in [1.165, 1.54) is 18.9 Å². The quantitative estimate of drug-likeness (QED) is 0.0963. The number of ether oxygens (including phenoxy) is 4. The van der Waals surface area contributed by atoms with Crippen LogP contribution < -0.4 is 0 Å². The van der Waals surface area contributed by atoms with Crippen molar-refractivity contribution in [1.29, 1.82) is 0 Å². The lowest BCUT2D eigenvalue weighted by Crippen LogP contribution is -2.39. The van der Waals surface area contributed by atoms with E-state index in [4.69, 9.17) is 25.4 Å². The first-order valence-electron chi connectivity index (χ1n) is 14.5. The van der Waals surface area contributed by atoms with Gasteiger partial charge < -0.3 is 24.1 Å². The van der Waals surface area contributed by atoms with Crippen molar-refractivity contribution in [3.8, 4) is 107 Å². The second kappa shape index (κ2) is 23.5. The lowest BCUT2D eigenvalue weighted by Gasteiger charge is -2.33. The van der Waals surface area contributed by atoms with E-state index in [-0.39, 0.29) is 18.6 Å². The smallest absolute Gasteiger partial charge is 0.326 e. The largest absolute Gasteiger partial charge is 0.469 e. The fraction of sp³-hybridized carbons (Fsp3) is 0.436. The van der Waals surface area contributed by atoms with Crippen LogP contribution >= 0.6 is 11.8 Å². The van der Waals surface area contributed by atoms with Gasteiger partial charge in [0.15, 0.2) is 6.61 Å². The third-order valence-corrected chi connectivity index (χ3v) is 7.49. The average molecular weight is 681 g/mol. The molecule has 0 radical (unpaired) electrons. The van der Waals surface area contributed by atoms with Gasteiger partial charge >= 0.3 is 23.9 Å². The summed E-state index contributed by atoms with van der Waals surface area (Å²) in [6, 6.07) is 0. The van der Waals surface area contributed by atoms with Crippen LogP contribution in [-0.2, 0) is 38.1 Å². The summed E-state index contributed by atoms with van der Waals surface area (Å²) >= 11 is 1.30. The van der Waals surface area contributed by atoms with Crippen molar-refractivity contribution in [3.05, 3.63) is 0 Å². The van der Waals surface area contributed by atoms with E-state index < -0.39 is 53.0 Å². The van der Waals surface area contributed by atoms with Crippen molar-refractivity contribution in [1.82, 2.24) is 0 Å². The van der Waals surface area contributed by atoms with E-state index in [1.807, 2.05) is 6.92 Å². The highest BCUT2D eigenvalue weighted by atomic mass is 32.2. The number of hydrogen-bond acceptors (Lipinski definition) is 10. The predicted molar refractivity (Wildman–Crippen MR) is 185 cm³/mol. The lowest BCUT2D eigenvalue weighted by molar-refractivity contribution is -0.186. The Bertz CT molecular complexity index is 1790. The average Bonchev–Trinajstić information content (AvgIpc) is 3.06. The second-order valence-electron chi connectivity index (χ2n) is 11.2. The van der Waals surface area contributed by atoms with Crippen LogP contribution in [0.15, 0.2) is 0 Å². The molecule has 2 atom stereocenters. The second-order valence-corrected chi connectivity index (χ2v) is 12.3. The molecular formula is C39H36O9S. The molecule has 0 rings (SSSR count). The van der Waals surface area contributed by atoms with Gasteiger partial charge in [-0.3, -0.25) is 19.2 Å². The minimum atomic E-state index is -1.67. The molecule has 0 fully saturated rings. The van der Waals surface area contributed by atoms with Gasteiger partial charge in [-0.1, -0.05) is 6.92 Å². The van der Waals surface area contributed by atoms with Crippen LogP contribution in [0.2, 0.25) is 0 Å². The minimum absolute atomic E-state index is 0.0683. The van der Waals surface area contributed by atoms with E-state index in [9.17, 15) is 24.3 Å². The molecule has 0 aliphatic heterocycles. The van der Waals surface area contributed by atoms with E-state index in [1.54, 1.807) is 34.6 Å². The monoisotopic (exact) mass is 680 g/mol. The summed E-state index contributed by atoms with van der Waals surface area (Å²) in [5.41, 5.74) is -2.89.